The summed E-state index contributed by atoms with van der Waals surface area (Å²) in [6, 6.07) is 6.26. The van der Waals surface area contributed by atoms with Crippen LogP contribution < -0.4 is 16.4 Å². The van der Waals surface area contributed by atoms with Crippen LogP contribution in [-0.2, 0) is 22.4 Å². The number of rotatable bonds is 7. The van der Waals surface area contributed by atoms with E-state index < -0.39 is 0 Å². The van der Waals surface area contributed by atoms with Gasteiger partial charge in [0.25, 0.3) is 0 Å². The molecule has 2 amide bonds. The lowest BCUT2D eigenvalue weighted by atomic mass is 10.1. The molecule has 2 aromatic rings. The van der Waals surface area contributed by atoms with Gasteiger partial charge in [-0.25, -0.2) is 0 Å². The van der Waals surface area contributed by atoms with E-state index in [2.05, 4.69) is 40.7 Å². The van der Waals surface area contributed by atoms with E-state index in [-0.39, 0.29) is 24.9 Å². The van der Waals surface area contributed by atoms with E-state index in [0.29, 0.717) is 6.54 Å². The van der Waals surface area contributed by atoms with E-state index in [0.717, 1.165) is 12.8 Å². The quantitative estimate of drug-likeness (QED) is 0.598. The van der Waals surface area contributed by atoms with E-state index in [1.54, 1.807) is 0 Å². The van der Waals surface area contributed by atoms with Crippen LogP contribution in [-0.4, -0.2) is 36.4 Å². The molecule has 0 unspecified atom stereocenters. The summed E-state index contributed by atoms with van der Waals surface area (Å²) in [6.07, 6.45) is 3.71. The Labute approximate surface area is 129 Å². The largest absolute Gasteiger partial charge is 0.361 e. The summed E-state index contributed by atoms with van der Waals surface area (Å²) in [5.41, 5.74) is 8.79. The minimum Gasteiger partial charge on any atom is -0.361 e. The molecule has 1 aromatic carbocycles. The molecule has 0 radical (unpaired) electrons. The van der Waals surface area contributed by atoms with Gasteiger partial charge in [-0.3, -0.25) is 9.59 Å². The summed E-state index contributed by atoms with van der Waals surface area (Å²) in [5, 5.41) is 6.42. The number of hydrogen-bond acceptors (Lipinski definition) is 3. The summed E-state index contributed by atoms with van der Waals surface area (Å²) in [5.74, 6) is -0.547. The van der Waals surface area contributed by atoms with Crippen LogP contribution in [0.4, 0.5) is 0 Å². The molecule has 118 valence electrons. The van der Waals surface area contributed by atoms with Crippen LogP contribution in [0.5, 0.6) is 0 Å². The zero-order chi connectivity index (χ0) is 15.9. The number of nitrogens with two attached hydrogens (primary N) is 1. The van der Waals surface area contributed by atoms with Gasteiger partial charge >= 0.3 is 0 Å². The predicted octanol–water partition coefficient (Wildman–Crippen LogP) is 0.464. The summed E-state index contributed by atoms with van der Waals surface area (Å²) >= 11 is 0. The molecule has 5 N–H and O–H groups in total. The number of amides is 2. The second kappa shape index (κ2) is 7.61. The van der Waals surface area contributed by atoms with Crippen molar-refractivity contribution in [3.05, 3.63) is 35.5 Å². The molecule has 0 bridgehead atoms. The highest BCUT2D eigenvalue weighted by molar-refractivity contribution is 5.87. The fraction of sp³-hybridized carbons (Fsp3) is 0.375. The monoisotopic (exact) mass is 302 g/mol. The van der Waals surface area contributed by atoms with Gasteiger partial charge in [-0.1, -0.05) is 25.1 Å². The van der Waals surface area contributed by atoms with E-state index in [1.807, 2.05) is 6.20 Å². The third kappa shape index (κ3) is 3.85. The van der Waals surface area contributed by atoms with Gasteiger partial charge in [-0.05, 0) is 24.0 Å². The van der Waals surface area contributed by atoms with Crippen LogP contribution in [0, 0.1) is 0 Å². The van der Waals surface area contributed by atoms with Crippen molar-refractivity contribution in [2.24, 2.45) is 5.73 Å². The summed E-state index contributed by atoms with van der Waals surface area (Å²) < 4.78 is 0. The summed E-state index contributed by atoms with van der Waals surface area (Å²) in [6.45, 7) is 2.51. The Morgan fingerprint density at radius 3 is 2.73 bits per heavy atom. The van der Waals surface area contributed by atoms with Crippen LogP contribution >= 0.6 is 0 Å². The first-order valence-corrected chi connectivity index (χ1v) is 7.47. The number of carbonyl (C=O) groups excluding carboxylic acids is 2. The van der Waals surface area contributed by atoms with E-state index in [9.17, 15) is 9.59 Å². The second-order valence-corrected chi connectivity index (χ2v) is 5.09. The zero-order valence-electron chi connectivity index (χ0n) is 12.7. The molecule has 22 heavy (non-hydrogen) atoms. The van der Waals surface area contributed by atoms with Gasteiger partial charge in [0.05, 0.1) is 13.1 Å². The van der Waals surface area contributed by atoms with E-state index >= 15 is 0 Å². The molecule has 6 heteroatoms. The minimum atomic E-state index is -0.334. The number of aryl methyl sites for hydroxylation is 1. The van der Waals surface area contributed by atoms with Gasteiger partial charge in [0.1, 0.15) is 0 Å². The highest BCUT2D eigenvalue weighted by Crippen LogP contribution is 2.22. The first-order valence-electron chi connectivity index (χ1n) is 7.47. The van der Waals surface area contributed by atoms with Crippen molar-refractivity contribution in [2.45, 2.75) is 19.8 Å². The van der Waals surface area contributed by atoms with Crippen LogP contribution in [0.2, 0.25) is 0 Å². The molecule has 0 saturated carbocycles. The molecule has 1 aromatic heterocycles. The van der Waals surface area contributed by atoms with Crippen molar-refractivity contribution in [2.75, 3.05) is 19.6 Å². The van der Waals surface area contributed by atoms with Crippen molar-refractivity contribution >= 4 is 22.7 Å². The fourth-order valence-electron chi connectivity index (χ4n) is 2.43. The lowest BCUT2D eigenvalue weighted by molar-refractivity contribution is -0.125. The van der Waals surface area contributed by atoms with Crippen LogP contribution in [0.25, 0.3) is 10.9 Å². The average molecular weight is 302 g/mol. The second-order valence-electron chi connectivity index (χ2n) is 5.09. The minimum absolute atomic E-state index is 0.0378. The molecule has 0 aliphatic carbocycles. The maximum absolute atomic E-state index is 11.6. The molecule has 0 aliphatic heterocycles. The lowest BCUT2D eigenvalue weighted by Crippen LogP contribution is -2.40. The maximum Gasteiger partial charge on any atom is 0.239 e. The Kier molecular flexibility index (Phi) is 5.55. The SMILES string of the molecule is CCc1cccc2c(CCNC(=O)CNC(=O)CN)c[nH]c12. The van der Waals surface area contributed by atoms with Crippen LogP contribution in [0.1, 0.15) is 18.1 Å². The van der Waals surface area contributed by atoms with E-state index in [4.69, 9.17) is 5.73 Å². The molecule has 6 nitrogen and oxygen atoms in total. The standard InChI is InChI=1S/C16H22N4O2/c1-2-11-4-3-5-13-12(9-20-16(11)13)6-7-18-15(22)10-19-14(21)8-17/h3-5,9,20H,2,6-8,10,17H2,1H3,(H,18,22)(H,19,21). The van der Waals surface area contributed by atoms with Gasteiger partial charge in [-0.2, -0.15) is 0 Å². The zero-order valence-corrected chi connectivity index (χ0v) is 12.7. The number of fused-ring (bicyclic) bond motifs is 1. The highest BCUT2D eigenvalue weighted by atomic mass is 16.2. The van der Waals surface area contributed by atoms with Crippen molar-refractivity contribution in [1.29, 1.82) is 0 Å². The van der Waals surface area contributed by atoms with Crippen molar-refractivity contribution < 1.29 is 9.59 Å². The number of nitrogens with one attached hydrogen (secondary N) is 3. The predicted molar refractivity (Wildman–Crippen MR) is 86.5 cm³/mol. The van der Waals surface area contributed by atoms with Crippen molar-refractivity contribution in [1.82, 2.24) is 15.6 Å². The number of carbonyl (C=O) groups is 2. The molecular formula is C16H22N4O2. The Balaban J connectivity index is 1.87. The molecule has 0 spiro atoms. The number of hydrogen-bond donors (Lipinski definition) is 4. The first kappa shape index (κ1) is 16.0. The molecule has 2 rings (SSSR count). The molecule has 0 fully saturated rings. The molecule has 0 saturated heterocycles. The molecular weight excluding hydrogens is 280 g/mol. The summed E-state index contributed by atoms with van der Waals surface area (Å²) in [4.78, 5) is 25.9. The Bertz CT molecular complexity index is 663. The smallest absolute Gasteiger partial charge is 0.239 e. The number of aromatic nitrogens is 1. The Hall–Kier alpha value is -2.34. The number of para-hydroxylation sites is 1. The van der Waals surface area contributed by atoms with Gasteiger partial charge in [0.15, 0.2) is 0 Å². The van der Waals surface area contributed by atoms with Gasteiger partial charge in [0, 0.05) is 23.6 Å². The fourth-order valence-corrected chi connectivity index (χ4v) is 2.43. The lowest BCUT2D eigenvalue weighted by Gasteiger charge is -2.06. The highest BCUT2D eigenvalue weighted by Gasteiger charge is 2.07. The van der Waals surface area contributed by atoms with Crippen molar-refractivity contribution in [3.8, 4) is 0 Å². The maximum atomic E-state index is 11.6. The Morgan fingerprint density at radius 1 is 1.18 bits per heavy atom. The topological polar surface area (TPSA) is 100 Å². The normalized spacial score (nSPS) is 10.6. The Morgan fingerprint density at radius 2 is 2.00 bits per heavy atom. The molecule has 1 heterocycles. The van der Waals surface area contributed by atoms with Gasteiger partial charge in [-0.15, -0.1) is 0 Å². The van der Waals surface area contributed by atoms with Crippen LogP contribution in [0.3, 0.4) is 0 Å². The summed E-state index contributed by atoms with van der Waals surface area (Å²) in [7, 11) is 0. The first-order chi connectivity index (χ1) is 10.7. The van der Waals surface area contributed by atoms with E-state index in [1.165, 1.54) is 22.0 Å². The number of benzene rings is 1. The average Bonchev–Trinajstić information content (AvgIpc) is 2.95. The van der Waals surface area contributed by atoms with Crippen LogP contribution in [0.15, 0.2) is 24.4 Å². The molecule has 0 aliphatic rings. The number of aromatic amines is 1. The third-order valence-corrected chi connectivity index (χ3v) is 3.62. The van der Waals surface area contributed by atoms with Gasteiger partial charge in [0.2, 0.25) is 11.8 Å². The van der Waals surface area contributed by atoms with Crippen molar-refractivity contribution in [3.63, 3.8) is 0 Å². The molecule has 0 atom stereocenters. The number of H-pyrrole nitrogens is 1. The third-order valence-electron chi connectivity index (χ3n) is 3.62. The van der Waals surface area contributed by atoms with Gasteiger partial charge < -0.3 is 21.4 Å².